The van der Waals surface area contributed by atoms with Crippen LogP contribution in [0.5, 0.6) is 5.75 Å². The number of carbonyl (C=O) groups is 2. The molecule has 2 aliphatic heterocycles. The van der Waals surface area contributed by atoms with Crippen LogP contribution in [0.25, 0.3) is 0 Å². The number of hydrogen-bond donors (Lipinski definition) is 1. The number of nitro groups is 1. The smallest absolute Gasteiger partial charge is 0.310 e. The molecule has 0 spiro atoms. The van der Waals surface area contributed by atoms with Gasteiger partial charge in [0.05, 0.1) is 24.5 Å². The van der Waals surface area contributed by atoms with Gasteiger partial charge >= 0.3 is 5.69 Å². The van der Waals surface area contributed by atoms with Crippen molar-refractivity contribution < 1.29 is 19.2 Å². The molecule has 1 aromatic rings. The van der Waals surface area contributed by atoms with Crippen molar-refractivity contribution in [1.82, 2.24) is 15.1 Å². The number of nitro benzene ring substituents is 1. The number of para-hydroxylation sites is 2. The summed E-state index contributed by atoms with van der Waals surface area (Å²) in [5, 5.41) is 14.1. The first-order chi connectivity index (χ1) is 13.1. The lowest BCUT2D eigenvalue weighted by atomic mass is 10.0. The van der Waals surface area contributed by atoms with Gasteiger partial charge < -0.3 is 19.9 Å². The lowest BCUT2D eigenvalue weighted by molar-refractivity contribution is -0.385. The fourth-order valence-electron chi connectivity index (χ4n) is 3.58. The Labute approximate surface area is 169 Å². The Morgan fingerprint density at radius 1 is 1.32 bits per heavy atom. The highest BCUT2D eigenvalue weighted by atomic mass is 35.5. The van der Waals surface area contributed by atoms with Crippen LogP contribution in [0, 0.1) is 10.1 Å². The van der Waals surface area contributed by atoms with Gasteiger partial charge in [0.2, 0.25) is 11.8 Å². The Bertz CT molecular complexity index is 717. The molecule has 2 saturated heterocycles. The van der Waals surface area contributed by atoms with Gasteiger partial charge in [0.25, 0.3) is 0 Å². The number of rotatable bonds is 6. The van der Waals surface area contributed by atoms with E-state index >= 15 is 0 Å². The summed E-state index contributed by atoms with van der Waals surface area (Å²) in [7, 11) is 0. The van der Waals surface area contributed by atoms with Crippen molar-refractivity contribution in [3.63, 3.8) is 0 Å². The van der Waals surface area contributed by atoms with Gasteiger partial charge in [0.1, 0.15) is 0 Å². The Balaban J connectivity index is 0.00000280. The number of hydrogen-bond acceptors (Lipinski definition) is 6. The zero-order chi connectivity index (χ0) is 19.2. The van der Waals surface area contributed by atoms with Crippen molar-refractivity contribution in [1.29, 1.82) is 0 Å². The number of benzene rings is 1. The van der Waals surface area contributed by atoms with E-state index in [9.17, 15) is 19.7 Å². The monoisotopic (exact) mass is 412 g/mol. The number of amides is 2. The lowest BCUT2D eigenvalue weighted by Gasteiger charge is -2.41. The summed E-state index contributed by atoms with van der Waals surface area (Å²) in [4.78, 5) is 38.7. The van der Waals surface area contributed by atoms with Crippen LogP contribution in [0.2, 0.25) is 0 Å². The number of piperazine rings is 1. The fraction of sp³-hybridized carbons (Fsp3) is 0.556. The number of halogens is 1. The Kier molecular flexibility index (Phi) is 8.01. The number of ether oxygens (including phenoxy) is 1. The maximum Gasteiger partial charge on any atom is 0.310 e. The van der Waals surface area contributed by atoms with Crippen molar-refractivity contribution in [2.24, 2.45) is 0 Å². The van der Waals surface area contributed by atoms with Crippen molar-refractivity contribution in [3.05, 3.63) is 34.4 Å². The molecular weight excluding hydrogens is 388 g/mol. The van der Waals surface area contributed by atoms with E-state index in [1.165, 1.54) is 12.1 Å². The van der Waals surface area contributed by atoms with Gasteiger partial charge in [-0.1, -0.05) is 12.1 Å². The summed E-state index contributed by atoms with van der Waals surface area (Å²) in [6.07, 6.45) is 1.91. The van der Waals surface area contributed by atoms with Gasteiger partial charge in [-0.2, -0.15) is 0 Å². The molecule has 2 amide bonds. The largest absolute Gasteiger partial charge is 0.486 e. The molecule has 10 heteroatoms. The molecule has 1 atom stereocenters. The summed E-state index contributed by atoms with van der Waals surface area (Å²) in [6.45, 7) is 3.09. The number of nitrogens with zero attached hydrogens (tertiary/aromatic N) is 3. The van der Waals surface area contributed by atoms with Gasteiger partial charge in [-0.3, -0.25) is 19.7 Å². The molecular formula is C18H25ClN4O5. The molecule has 0 saturated carbocycles. The van der Waals surface area contributed by atoms with Crippen LogP contribution in [0.1, 0.15) is 19.3 Å². The van der Waals surface area contributed by atoms with Gasteiger partial charge in [-0.15, -0.1) is 12.4 Å². The van der Waals surface area contributed by atoms with Crippen molar-refractivity contribution in [2.45, 2.75) is 25.3 Å². The topological polar surface area (TPSA) is 105 Å². The van der Waals surface area contributed by atoms with E-state index in [0.717, 1.165) is 19.4 Å². The SMILES string of the molecule is Cl.O=C(CCOc1ccccc1[N+](=O)[O-])N1CCCC(N2CCNCC2=O)C1. The lowest BCUT2D eigenvalue weighted by Crippen LogP contribution is -2.57. The number of likely N-dealkylation sites (tertiary alicyclic amines) is 1. The van der Waals surface area contributed by atoms with E-state index in [0.29, 0.717) is 26.2 Å². The van der Waals surface area contributed by atoms with Crippen molar-refractivity contribution in [3.8, 4) is 5.75 Å². The van der Waals surface area contributed by atoms with Gasteiger partial charge in [-0.05, 0) is 18.9 Å². The molecule has 154 valence electrons. The molecule has 3 rings (SSSR count). The second-order valence-electron chi connectivity index (χ2n) is 6.72. The van der Waals surface area contributed by atoms with Crippen LogP contribution in [0.3, 0.4) is 0 Å². The minimum absolute atomic E-state index is 0. The van der Waals surface area contributed by atoms with E-state index in [-0.39, 0.29) is 54.7 Å². The molecule has 2 heterocycles. The van der Waals surface area contributed by atoms with Crippen LogP contribution in [-0.4, -0.2) is 71.9 Å². The van der Waals surface area contributed by atoms with Crippen LogP contribution in [-0.2, 0) is 9.59 Å². The number of piperidine rings is 1. The fourth-order valence-corrected chi connectivity index (χ4v) is 3.58. The average Bonchev–Trinajstić information content (AvgIpc) is 2.68. The maximum atomic E-state index is 12.5. The number of nitrogens with one attached hydrogen (secondary N) is 1. The summed E-state index contributed by atoms with van der Waals surface area (Å²) in [5.74, 6) is 0.194. The first-order valence-electron chi connectivity index (χ1n) is 9.20. The minimum atomic E-state index is -0.503. The van der Waals surface area contributed by atoms with E-state index in [1.54, 1.807) is 17.0 Å². The quantitative estimate of drug-likeness (QED) is 0.556. The molecule has 0 bridgehead atoms. The van der Waals surface area contributed by atoms with Crippen LogP contribution < -0.4 is 10.1 Å². The molecule has 0 aliphatic carbocycles. The standard InChI is InChI=1S/C18H24N4O5.ClH/c23-17(7-11-27-16-6-2-1-5-15(16)22(25)26)20-9-3-4-14(13-20)21-10-8-19-12-18(21)24;/h1-2,5-6,14,19H,3-4,7-13H2;1H. The number of carbonyl (C=O) groups excluding carboxylic acids is 2. The molecule has 0 aromatic heterocycles. The Hall–Kier alpha value is -2.39. The third kappa shape index (κ3) is 5.32. The highest BCUT2D eigenvalue weighted by molar-refractivity contribution is 5.85. The summed E-state index contributed by atoms with van der Waals surface area (Å²) in [6, 6.07) is 6.19. The van der Waals surface area contributed by atoms with Crippen LogP contribution in [0.15, 0.2) is 24.3 Å². The summed E-state index contributed by atoms with van der Waals surface area (Å²) >= 11 is 0. The van der Waals surface area contributed by atoms with E-state index in [4.69, 9.17) is 4.74 Å². The minimum Gasteiger partial charge on any atom is -0.486 e. The zero-order valence-electron chi connectivity index (χ0n) is 15.5. The molecule has 1 N–H and O–H groups in total. The molecule has 1 unspecified atom stereocenters. The molecule has 0 radical (unpaired) electrons. The molecule has 2 fully saturated rings. The molecule has 2 aliphatic rings. The van der Waals surface area contributed by atoms with E-state index in [2.05, 4.69) is 5.32 Å². The van der Waals surface area contributed by atoms with Gasteiger partial charge in [-0.25, -0.2) is 0 Å². The summed E-state index contributed by atoms with van der Waals surface area (Å²) in [5.41, 5.74) is -0.111. The zero-order valence-corrected chi connectivity index (χ0v) is 16.4. The molecule has 1 aromatic carbocycles. The van der Waals surface area contributed by atoms with E-state index < -0.39 is 4.92 Å². The van der Waals surface area contributed by atoms with Gasteiger partial charge in [0, 0.05) is 38.3 Å². The van der Waals surface area contributed by atoms with Crippen LogP contribution >= 0.6 is 12.4 Å². The average molecular weight is 413 g/mol. The maximum absolute atomic E-state index is 12.5. The second kappa shape index (κ2) is 10.2. The highest BCUT2D eigenvalue weighted by Gasteiger charge is 2.31. The normalized spacial score (nSPS) is 19.7. The Morgan fingerprint density at radius 2 is 2.11 bits per heavy atom. The van der Waals surface area contributed by atoms with E-state index in [1.807, 2.05) is 4.90 Å². The summed E-state index contributed by atoms with van der Waals surface area (Å²) < 4.78 is 5.46. The van der Waals surface area contributed by atoms with Crippen molar-refractivity contribution >= 4 is 29.9 Å². The third-order valence-corrected chi connectivity index (χ3v) is 4.95. The first kappa shape index (κ1) is 21.9. The van der Waals surface area contributed by atoms with Gasteiger partial charge in [0.15, 0.2) is 5.75 Å². The second-order valence-corrected chi connectivity index (χ2v) is 6.72. The highest BCUT2D eigenvalue weighted by Crippen LogP contribution is 2.26. The first-order valence-corrected chi connectivity index (χ1v) is 9.20. The predicted molar refractivity (Wildman–Crippen MR) is 105 cm³/mol. The molecule has 9 nitrogen and oxygen atoms in total. The third-order valence-electron chi connectivity index (χ3n) is 4.95. The predicted octanol–water partition coefficient (Wildman–Crippen LogP) is 1.21. The van der Waals surface area contributed by atoms with Crippen LogP contribution in [0.4, 0.5) is 5.69 Å². The molecule has 28 heavy (non-hydrogen) atoms. The van der Waals surface area contributed by atoms with Crippen molar-refractivity contribution in [2.75, 3.05) is 39.3 Å². The Morgan fingerprint density at radius 3 is 2.86 bits per heavy atom.